The Morgan fingerprint density at radius 3 is 1.98 bits per heavy atom. The van der Waals surface area contributed by atoms with Gasteiger partial charge in [0.1, 0.15) is 17.5 Å². The lowest BCUT2D eigenvalue weighted by molar-refractivity contribution is -0.140. The second-order valence-corrected chi connectivity index (χ2v) is 12.0. The van der Waals surface area contributed by atoms with Gasteiger partial charge in [-0.2, -0.15) is 52.7 Å². The van der Waals surface area contributed by atoms with Crippen LogP contribution in [0.4, 0.5) is 57.1 Å². The van der Waals surface area contributed by atoms with Crippen molar-refractivity contribution in [1.29, 1.82) is 0 Å². The minimum atomic E-state index is -5.43. The van der Waals surface area contributed by atoms with Crippen molar-refractivity contribution >= 4 is 33.2 Å². The molecule has 1 unspecified atom stereocenters. The molecule has 0 fully saturated rings. The molecule has 0 saturated carbocycles. The van der Waals surface area contributed by atoms with Crippen molar-refractivity contribution in [3.63, 3.8) is 0 Å². The van der Waals surface area contributed by atoms with E-state index in [0.29, 0.717) is 30.3 Å². The van der Waals surface area contributed by atoms with Crippen molar-refractivity contribution in [1.82, 2.24) is 5.32 Å². The molecule has 0 aliphatic rings. The van der Waals surface area contributed by atoms with Gasteiger partial charge in [-0.15, -0.1) is 0 Å². The molecular formula is C25H19ClF13NO3S. The van der Waals surface area contributed by atoms with E-state index < -0.39 is 109 Å². The van der Waals surface area contributed by atoms with Crippen molar-refractivity contribution in [2.24, 2.45) is 0 Å². The topological polar surface area (TPSA) is 63.2 Å². The van der Waals surface area contributed by atoms with Crippen LogP contribution in [0, 0.1) is 0 Å². The first-order chi connectivity index (χ1) is 19.7. The molecule has 1 N–H and O–H groups in total. The Labute approximate surface area is 245 Å². The molecule has 0 heterocycles. The fraction of sp³-hybridized carbons (Fsp3) is 0.400. The molecule has 2 rings (SSSR count). The summed E-state index contributed by atoms with van der Waals surface area (Å²) in [6.45, 7) is 0.884. The molecule has 1 amide bonds. The van der Waals surface area contributed by atoms with Crippen molar-refractivity contribution in [3.8, 4) is 0 Å². The van der Waals surface area contributed by atoms with Crippen LogP contribution < -0.4 is 5.32 Å². The second kappa shape index (κ2) is 13.1. The van der Waals surface area contributed by atoms with Crippen LogP contribution in [0.1, 0.15) is 45.5 Å². The van der Waals surface area contributed by atoms with Crippen LogP contribution in [0.5, 0.6) is 0 Å². The number of carbonyl (C=O) groups excluding carboxylic acids is 1. The van der Waals surface area contributed by atoms with Crippen LogP contribution in [-0.2, 0) is 22.4 Å². The van der Waals surface area contributed by atoms with E-state index in [9.17, 15) is 70.3 Å². The van der Waals surface area contributed by atoms with E-state index in [1.807, 2.05) is 0 Å². The summed E-state index contributed by atoms with van der Waals surface area (Å²) in [5, 5.41) is 1.03. The lowest BCUT2D eigenvalue weighted by atomic mass is 9.94. The molecule has 0 aromatic heterocycles. The second-order valence-electron chi connectivity index (χ2n) is 9.48. The van der Waals surface area contributed by atoms with Crippen molar-refractivity contribution in [2.45, 2.75) is 50.0 Å². The summed E-state index contributed by atoms with van der Waals surface area (Å²) in [5.74, 6) is -9.99. The summed E-state index contributed by atoms with van der Waals surface area (Å²) >= 11 is 5.67. The molecule has 0 aliphatic carbocycles. The summed E-state index contributed by atoms with van der Waals surface area (Å²) in [6, 6.07) is 0.874. The number of alkyl halides is 12. The number of halogens is 14. The van der Waals surface area contributed by atoms with E-state index in [1.165, 1.54) is 0 Å². The highest BCUT2D eigenvalue weighted by Crippen LogP contribution is 2.41. The average molecular weight is 696 g/mol. The van der Waals surface area contributed by atoms with Crippen LogP contribution in [0.25, 0.3) is 5.83 Å². The van der Waals surface area contributed by atoms with Crippen molar-refractivity contribution in [3.05, 3.63) is 75.3 Å². The van der Waals surface area contributed by atoms with Gasteiger partial charge in [-0.1, -0.05) is 29.8 Å². The molecule has 2 aromatic carbocycles. The van der Waals surface area contributed by atoms with Gasteiger partial charge < -0.3 is 5.32 Å². The largest absolute Gasteiger partial charge is 0.417 e. The molecule has 0 aliphatic heterocycles. The molecule has 19 heteroatoms. The van der Waals surface area contributed by atoms with Crippen molar-refractivity contribution in [2.75, 3.05) is 11.5 Å². The number of benzene rings is 2. The summed E-state index contributed by atoms with van der Waals surface area (Å²) in [7, 11) is -4.85. The van der Waals surface area contributed by atoms with Gasteiger partial charge in [-0.05, 0) is 42.3 Å². The third kappa shape index (κ3) is 11.2. The molecule has 0 bridgehead atoms. The van der Waals surface area contributed by atoms with Gasteiger partial charge in [0.25, 0.3) is 5.91 Å². The summed E-state index contributed by atoms with van der Waals surface area (Å²) in [6.07, 6.45) is -22.4. The van der Waals surface area contributed by atoms with Crippen LogP contribution >= 0.6 is 11.6 Å². The Balaban J connectivity index is 2.45. The van der Waals surface area contributed by atoms with Gasteiger partial charge in [0.15, 0.2) is 9.84 Å². The SMILES string of the molecule is C[C@H](CS(=O)(=O)CC(F)(F)F)NC(=O)c1ccc(/C(F)=C/C(c2ccc(CC(F)(F)F)c(Cl)c2)C(F)(F)F)cc1C(F)(F)F. The highest BCUT2D eigenvalue weighted by Gasteiger charge is 2.41. The highest BCUT2D eigenvalue weighted by molar-refractivity contribution is 7.91. The molecule has 0 radical (unpaired) electrons. The molecule has 246 valence electrons. The van der Waals surface area contributed by atoms with E-state index in [0.717, 1.165) is 6.92 Å². The number of allylic oxidation sites excluding steroid dienone is 1. The zero-order chi connectivity index (χ0) is 34.1. The third-order valence-electron chi connectivity index (χ3n) is 5.60. The maximum absolute atomic E-state index is 15.0. The van der Waals surface area contributed by atoms with Crippen LogP contribution in [-0.4, -0.2) is 50.4 Å². The van der Waals surface area contributed by atoms with E-state index >= 15 is 0 Å². The molecule has 2 aromatic rings. The average Bonchev–Trinajstić information content (AvgIpc) is 2.79. The summed E-state index contributed by atoms with van der Waals surface area (Å²) in [4.78, 5) is 12.4. The van der Waals surface area contributed by atoms with Gasteiger partial charge in [-0.25, -0.2) is 12.8 Å². The van der Waals surface area contributed by atoms with Gasteiger partial charge in [0.2, 0.25) is 0 Å². The molecule has 0 saturated heterocycles. The number of nitrogens with one attached hydrogen (secondary N) is 1. The summed E-state index contributed by atoms with van der Waals surface area (Å²) in [5.41, 5.74) is -5.68. The Bertz CT molecular complexity index is 1490. The zero-order valence-corrected chi connectivity index (χ0v) is 23.3. The third-order valence-corrected chi connectivity index (χ3v) is 7.73. The van der Waals surface area contributed by atoms with Crippen LogP contribution in [0.3, 0.4) is 0 Å². The maximum Gasteiger partial charge on any atom is 0.417 e. The highest BCUT2D eigenvalue weighted by atomic mass is 35.5. The van der Waals surface area contributed by atoms with Gasteiger partial charge >= 0.3 is 24.7 Å². The smallest absolute Gasteiger partial charge is 0.349 e. The number of sulfone groups is 1. The minimum Gasteiger partial charge on any atom is -0.349 e. The Morgan fingerprint density at radius 1 is 0.909 bits per heavy atom. The lowest BCUT2D eigenvalue weighted by Crippen LogP contribution is -2.40. The molecule has 2 atom stereocenters. The van der Waals surface area contributed by atoms with E-state index in [1.54, 1.807) is 5.32 Å². The molecule has 44 heavy (non-hydrogen) atoms. The Morgan fingerprint density at radius 2 is 1.50 bits per heavy atom. The number of hydrogen-bond acceptors (Lipinski definition) is 3. The van der Waals surface area contributed by atoms with E-state index in [2.05, 4.69) is 0 Å². The summed E-state index contributed by atoms with van der Waals surface area (Å²) < 4.78 is 196. The van der Waals surface area contributed by atoms with E-state index in [-0.39, 0.29) is 12.1 Å². The maximum atomic E-state index is 15.0. The molecular weight excluding hydrogens is 677 g/mol. The number of carbonyl (C=O) groups is 1. The fourth-order valence-corrected chi connectivity index (χ4v) is 5.61. The van der Waals surface area contributed by atoms with Crippen LogP contribution in [0.15, 0.2) is 42.5 Å². The molecule has 0 spiro atoms. The predicted octanol–water partition coefficient (Wildman–Crippen LogP) is 8.22. The van der Waals surface area contributed by atoms with Gasteiger partial charge in [0.05, 0.1) is 23.3 Å². The van der Waals surface area contributed by atoms with Gasteiger partial charge in [0, 0.05) is 16.6 Å². The predicted molar refractivity (Wildman–Crippen MR) is 132 cm³/mol. The fourth-order valence-electron chi connectivity index (χ4n) is 3.90. The van der Waals surface area contributed by atoms with Crippen molar-refractivity contribution < 1.29 is 70.3 Å². The van der Waals surface area contributed by atoms with Gasteiger partial charge in [-0.3, -0.25) is 4.79 Å². The monoisotopic (exact) mass is 695 g/mol. The van der Waals surface area contributed by atoms with E-state index in [4.69, 9.17) is 11.6 Å². The number of hydrogen-bond donors (Lipinski definition) is 1. The first kappa shape index (κ1) is 37.2. The first-order valence-corrected chi connectivity index (χ1v) is 14.0. The molecule has 4 nitrogen and oxygen atoms in total. The lowest BCUT2D eigenvalue weighted by Gasteiger charge is -2.20. The Kier molecular flexibility index (Phi) is 11.1. The first-order valence-electron chi connectivity index (χ1n) is 11.8. The number of amides is 1. The van der Waals surface area contributed by atoms with Crippen LogP contribution in [0.2, 0.25) is 5.02 Å². The normalized spacial score (nSPS) is 15.2. The minimum absolute atomic E-state index is 0.0291. The number of rotatable bonds is 9. The standard InChI is InChI=1S/C25H19ClF13NO3S/c1-12(10-44(42,43)11-23(31,32)33)40-21(41)16-5-4-14(6-18(16)25(37,38)39)20(27)8-17(24(34,35)36)13-2-3-15(19(26)7-13)9-22(28,29)30/h2-8,12,17H,9-11H2,1H3,(H,40,41)/b20-8-/t12-,17?/m1/s1. The zero-order valence-electron chi connectivity index (χ0n) is 21.7. The quantitative estimate of drug-likeness (QED) is 0.269. The Hall–Kier alpha value is -3.02.